The number of rotatable bonds is 4. The van der Waals surface area contributed by atoms with Crippen LogP contribution in [0.15, 0.2) is 0 Å². The van der Waals surface area contributed by atoms with Crippen LogP contribution in [-0.2, 0) is 4.74 Å². The molecule has 0 bridgehead atoms. The topological polar surface area (TPSA) is 21.3 Å². The van der Waals surface area contributed by atoms with Crippen LogP contribution in [0.4, 0.5) is 0 Å². The van der Waals surface area contributed by atoms with Crippen LogP contribution in [0.5, 0.6) is 0 Å². The summed E-state index contributed by atoms with van der Waals surface area (Å²) in [5, 5.41) is 3.65. The van der Waals surface area contributed by atoms with Gasteiger partial charge in [-0.2, -0.15) is 0 Å². The fraction of sp³-hybridized carbons (Fsp3) is 1.00. The number of likely N-dealkylation sites (N-methyl/N-ethyl adjacent to an activating group) is 1. The van der Waals surface area contributed by atoms with Gasteiger partial charge in [-0.1, -0.05) is 34.6 Å². The summed E-state index contributed by atoms with van der Waals surface area (Å²) in [7, 11) is 0. The van der Waals surface area contributed by atoms with E-state index >= 15 is 0 Å². The maximum Gasteiger partial charge on any atom is 0.0734 e. The summed E-state index contributed by atoms with van der Waals surface area (Å²) >= 11 is 0. The number of hydrogen-bond donors (Lipinski definition) is 1. The molecular weight excluding hydrogens is 246 g/mol. The van der Waals surface area contributed by atoms with Gasteiger partial charge in [0.1, 0.15) is 0 Å². The second-order valence-electron chi connectivity index (χ2n) is 8.29. The van der Waals surface area contributed by atoms with Crippen molar-refractivity contribution in [2.45, 2.75) is 91.4 Å². The molecule has 0 aliphatic heterocycles. The van der Waals surface area contributed by atoms with Crippen LogP contribution in [0.1, 0.15) is 73.1 Å². The van der Waals surface area contributed by atoms with Crippen molar-refractivity contribution in [3.63, 3.8) is 0 Å². The predicted molar refractivity (Wildman–Crippen MR) is 85.9 cm³/mol. The zero-order valence-electron chi connectivity index (χ0n) is 14.2. The van der Waals surface area contributed by atoms with Crippen molar-refractivity contribution in [1.29, 1.82) is 0 Å². The van der Waals surface area contributed by atoms with Gasteiger partial charge in [0.05, 0.1) is 12.2 Å². The summed E-state index contributed by atoms with van der Waals surface area (Å²) in [4.78, 5) is 0. The molecule has 0 saturated heterocycles. The number of ether oxygens (including phenoxy) is 1. The molecule has 2 aliphatic carbocycles. The fourth-order valence-corrected chi connectivity index (χ4v) is 4.58. The monoisotopic (exact) mass is 281 g/mol. The summed E-state index contributed by atoms with van der Waals surface area (Å²) in [5.41, 5.74) is 0.455. The van der Waals surface area contributed by atoms with Gasteiger partial charge in [0.15, 0.2) is 0 Å². The minimum absolute atomic E-state index is 0.435. The number of hydrogen-bond acceptors (Lipinski definition) is 2. The Hall–Kier alpha value is -0.0800. The zero-order chi connectivity index (χ0) is 14.8. The lowest BCUT2D eigenvalue weighted by Gasteiger charge is -2.43. The van der Waals surface area contributed by atoms with Gasteiger partial charge >= 0.3 is 0 Å². The standard InChI is InChI=1S/C18H35NO/c1-6-19-16-8-7-13(2)10-17(16)20-15-9-14(3)11-18(4,5)12-15/h13-17,19H,6-12H2,1-5H3. The van der Waals surface area contributed by atoms with E-state index in [2.05, 4.69) is 39.9 Å². The lowest BCUT2D eigenvalue weighted by Crippen LogP contribution is -2.48. The van der Waals surface area contributed by atoms with Crippen molar-refractivity contribution < 1.29 is 4.74 Å². The van der Waals surface area contributed by atoms with E-state index in [1.165, 1.54) is 38.5 Å². The Kier molecular flexibility index (Phi) is 5.53. The third kappa shape index (κ3) is 4.46. The first kappa shape index (κ1) is 16.3. The van der Waals surface area contributed by atoms with E-state index in [0.717, 1.165) is 18.4 Å². The van der Waals surface area contributed by atoms with Gasteiger partial charge in [0.2, 0.25) is 0 Å². The van der Waals surface area contributed by atoms with Gasteiger partial charge in [-0.05, 0) is 62.3 Å². The zero-order valence-corrected chi connectivity index (χ0v) is 14.2. The molecule has 0 aromatic heterocycles. The van der Waals surface area contributed by atoms with E-state index in [-0.39, 0.29) is 0 Å². The van der Waals surface area contributed by atoms with Crippen LogP contribution in [-0.4, -0.2) is 24.8 Å². The fourth-order valence-electron chi connectivity index (χ4n) is 4.58. The van der Waals surface area contributed by atoms with E-state index in [1.54, 1.807) is 0 Å². The minimum Gasteiger partial charge on any atom is -0.373 e. The Bertz CT molecular complexity index is 302. The van der Waals surface area contributed by atoms with Gasteiger partial charge < -0.3 is 10.1 Å². The van der Waals surface area contributed by atoms with Crippen LogP contribution >= 0.6 is 0 Å². The van der Waals surface area contributed by atoms with Crippen molar-refractivity contribution in [1.82, 2.24) is 5.32 Å². The first-order valence-electron chi connectivity index (χ1n) is 8.78. The Morgan fingerprint density at radius 3 is 2.45 bits per heavy atom. The maximum absolute atomic E-state index is 6.61. The average Bonchev–Trinajstić information content (AvgIpc) is 2.30. The molecule has 2 saturated carbocycles. The summed E-state index contributed by atoms with van der Waals surface area (Å²) in [6.07, 6.45) is 8.63. The predicted octanol–water partition coefficient (Wildman–Crippen LogP) is 4.38. The molecule has 20 heavy (non-hydrogen) atoms. The van der Waals surface area contributed by atoms with Gasteiger partial charge in [-0.3, -0.25) is 0 Å². The summed E-state index contributed by atoms with van der Waals surface area (Å²) in [6.45, 7) is 12.9. The third-order valence-corrected chi connectivity index (χ3v) is 5.23. The maximum atomic E-state index is 6.61. The first-order valence-corrected chi connectivity index (χ1v) is 8.78. The lowest BCUT2D eigenvalue weighted by molar-refractivity contribution is -0.0936. The van der Waals surface area contributed by atoms with Gasteiger partial charge in [0.25, 0.3) is 0 Å². The van der Waals surface area contributed by atoms with Gasteiger partial charge in [-0.15, -0.1) is 0 Å². The van der Waals surface area contributed by atoms with Crippen molar-refractivity contribution in [2.24, 2.45) is 17.3 Å². The van der Waals surface area contributed by atoms with Crippen molar-refractivity contribution in [2.75, 3.05) is 6.54 Å². The Labute approximate surface area is 126 Å². The number of nitrogens with one attached hydrogen (secondary N) is 1. The van der Waals surface area contributed by atoms with Gasteiger partial charge in [-0.25, -0.2) is 0 Å². The molecule has 0 spiro atoms. The molecule has 5 unspecified atom stereocenters. The molecule has 2 heteroatoms. The van der Waals surface area contributed by atoms with Crippen molar-refractivity contribution in [3.05, 3.63) is 0 Å². The SMILES string of the molecule is CCNC1CCC(C)CC1OC1CC(C)CC(C)(C)C1. The Balaban J connectivity index is 1.95. The van der Waals surface area contributed by atoms with E-state index in [4.69, 9.17) is 4.74 Å². The molecule has 2 fully saturated rings. The highest BCUT2D eigenvalue weighted by atomic mass is 16.5. The van der Waals surface area contributed by atoms with E-state index in [9.17, 15) is 0 Å². The third-order valence-electron chi connectivity index (χ3n) is 5.23. The molecule has 0 aromatic carbocycles. The lowest BCUT2D eigenvalue weighted by atomic mass is 9.71. The summed E-state index contributed by atoms with van der Waals surface area (Å²) in [5.74, 6) is 1.63. The van der Waals surface area contributed by atoms with Crippen LogP contribution in [0.25, 0.3) is 0 Å². The highest BCUT2D eigenvalue weighted by molar-refractivity contribution is 4.88. The van der Waals surface area contributed by atoms with Crippen LogP contribution in [0, 0.1) is 17.3 Å². The van der Waals surface area contributed by atoms with E-state index < -0.39 is 0 Å². The van der Waals surface area contributed by atoms with E-state index in [1.807, 2.05) is 0 Å². The van der Waals surface area contributed by atoms with Crippen LogP contribution in [0.2, 0.25) is 0 Å². The van der Waals surface area contributed by atoms with E-state index in [0.29, 0.717) is 23.7 Å². The molecular formula is C18H35NO. The van der Waals surface area contributed by atoms with Gasteiger partial charge in [0, 0.05) is 6.04 Å². The highest BCUT2D eigenvalue weighted by Crippen LogP contribution is 2.41. The molecule has 2 aliphatic rings. The van der Waals surface area contributed by atoms with Crippen LogP contribution in [0.3, 0.4) is 0 Å². The largest absolute Gasteiger partial charge is 0.373 e. The molecule has 118 valence electrons. The molecule has 2 rings (SSSR count). The smallest absolute Gasteiger partial charge is 0.0734 e. The van der Waals surface area contributed by atoms with Crippen molar-refractivity contribution >= 4 is 0 Å². The van der Waals surface area contributed by atoms with Crippen LogP contribution < -0.4 is 5.32 Å². The molecule has 0 radical (unpaired) electrons. The molecule has 0 amide bonds. The van der Waals surface area contributed by atoms with Crippen molar-refractivity contribution in [3.8, 4) is 0 Å². The summed E-state index contributed by atoms with van der Waals surface area (Å²) in [6, 6.07) is 0.580. The molecule has 2 nitrogen and oxygen atoms in total. The molecule has 0 aromatic rings. The Morgan fingerprint density at radius 2 is 1.80 bits per heavy atom. The first-order chi connectivity index (χ1) is 9.39. The molecule has 1 N–H and O–H groups in total. The Morgan fingerprint density at radius 1 is 1.05 bits per heavy atom. The minimum atomic E-state index is 0.435. The quantitative estimate of drug-likeness (QED) is 0.825. The normalized spacial score (nSPS) is 41.5. The molecule has 0 heterocycles. The highest BCUT2D eigenvalue weighted by Gasteiger charge is 2.36. The summed E-state index contributed by atoms with van der Waals surface area (Å²) < 4.78 is 6.61. The molecule has 5 atom stereocenters. The second-order valence-corrected chi connectivity index (χ2v) is 8.29. The average molecular weight is 281 g/mol. The second kappa shape index (κ2) is 6.79.